The molecule has 0 radical (unpaired) electrons. The summed E-state index contributed by atoms with van der Waals surface area (Å²) in [6.45, 7) is 6.35. The zero-order valence-electron chi connectivity index (χ0n) is 20.4. The Labute approximate surface area is 197 Å². The van der Waals surface area contributed by atoms with Crippen LogP contribution in [0.25, 0.3) is 0 Å². The van der Waals surface area contributed by atoms with Crippen LogP contribution in [0.3, 0.4) is 0 Å². The van der Waals surface area contributed by atoms with Gasteiger partial charge in [-0.15, -0.1) is 0 Å². The molecular weight excluding hydrogens is 410 g/mol. The van der Waals surface area contributed by atoms with E-state index in [1.54, 1.807) is 0 Å². The maximum absolute atomic E-state index is 13.8. The lowest BCUT2D eigenvalue weighted by atomic mass is 9.76. The summed E-state index contributed by atoms with van der Waals surface area (Å²) in [5, 5.41) is 0. The maximum atomic E-state index is 13.8. The van der Waals surface area contributed by atoms with E-state index >= 15 is 0 Å². The highest BCUT2D eigenvalue weighted by atomic mass is 16.2. The van der Waals surface area contributed by atoms with Gasteiger partial charge in [0.2, 0.25) is 11.8 Å². The van der Waals surface area contributed by atoms with E-state index in [0.29, 0.717) is 13.1 Å². The van der Waals surface area contributed by atoms with E-state index in [-0.39, 0.29) is 23.7 Å². The first-order chi connectivity index (χ1) is 15.7. The molecular formula is C28H37N3O2. The third kappa shape index (κ3) is 4.70. The van der Waals surface area contributed by atoms with Gasteiger partial charge in [-0.3, -0.25) is 9.59 Å². The number of nitrogens with zero attached hydrogens (tertiary/aromatic N) is 2. The Balaban J connectivity index is 1.51. The van der Waals surface area contributed by atoms with Crippen LogP contribution in [0.5, 0.6) is 0 Å². The SMILES string of the molecule is Cc1cc(C)cc(C2(C(=O)N(C)Cc3ccc([C@H]4CN(C)C[C@@H]4C(N)=O)cc3)CCCC2)c1. The van der Waals surface area contributed by atoms with Gasteiger partial charge in [0.05, 0.1) is 11.3 Å². The van der Waals surface area contributed by atoms with Crippen LogP contribution in [0.15, 0.2) is 42.5 Å². The maximum Gasteiger partial charge on any atom is 0.233 e. The predicted molar refractivity (Wildman–Crippen MR) is 132 cm³/mol. The van der Waals surface area contributed by atoms with E-state index in [1.807, 2.05) is 19.0 Å². The van der Waals surface area contributed by atoms with Gasteiger partial charge < -0.3 is 15.5 Å². The quantitative estimate of drug-likeness (QED) is 0.730. The summed E-state index contributed by atoms with van der Waals surface area (Å²) in [6.07, 6.45) is 4.03. The number of likely N-dealkylation sites (tertiary alicyclic amines) is 1. The number of likely N-dealkylation sites (N-methyl/N-ethyl adjacent to an activating group) is 2. The highest BCUT2D eigenvalue weighted by Crippen LogP contribution is 2.43. The third-order valence-electron chi connectivity index (χ3n) is 7.68. The van der Waals surface area contributed by atoms with E-state index in [0.717, 1.165) is 43.4 Å². The molecule has 1 aliphatic carbocycles. The predicted octanol–water partition coefficient (Wildman–Crippen LogP) is 3.90. The molecule has 1 saturated heterocycles. The fraction of sp³-hybridized carbons (Fsp3) is 0.500. The van der Waals surface area contributed by atoms with Crippen molar-refractivity contribution in [2.75, 3.05) is 27.2 Å². The monoisotopic (exact) mass is 447 g/mol. The fourth-order valence-corrected chi connectivity index (χ4v) is 6.06. The minimum Gasteiger partial charge on any atom is -0.369 e. The van der Waals surface area contributed by atoms with Gasteiger partial charge >= 0.3 is 0 Å². The van der Waals surface area contributed by atoms with E-state index in [4.69, 9.17) is 5.73 Å². The molecule has 2 atom stereocenters. The Bertz CT molecular complexity index is 1000. The van der Waals surface area contributed by atoms with Crippen LogP contribution >= 0.6 is 0 Å². The normalized spacial score (nSPS) is 22.4. The number of hydrogen-bond donors (Lipinski definition) is 1. The number of carbonyl (C=O) groups excluding carboxylic acids is 2. The molecule has 5 nitrogen and oxygen atoms in total. The Hall–Kier alpha value is -2.66. The van der Waals surface area contributed by atoms with Crippen molar-refractivity contribution in [3.05, 3.63) is 70.3 Å². The van der Waals surface area contributed by atoms with Gasteiger partial charge in [0.1, 0.15) is 0 Å². The zero-order valence-corrected chi connectivity index (χ0v) is 20.4. The summed E-state index contributed by atoms with van der Waals surface area (Å²) in [4.78, 5) is 29.7. The molecule has 0 unspecified atom stereocenters. The molecule has 5 heteroatoms. The summed E-state index contributed by atoms with van der Waals surface area (Å²) in [6, 6.07) is 15.0. The van der Waals surface area contributed by atoms with Crippen molar-refractivity contribution >= 4 is 11.8 Å². The summed E-state index contributed by atoms with van der Waals surface area (Å²) in [5.74, 6) is -0.0235. The van der Waals surface area contributed by atoms with E-state index < -0.39 is 5.41 Å². The second-order valence-corrected chi connectivity index (χ2v) is 10.4. The Morgan fingerprint density at radius 2 is 1.64 bits per heavy atom. The lowest BCUT2D eigenvalue weighted by Gasteiger charge is -2.33. The lowest BCUT2D eigenvalue weighted by molar-refractivity contribution is -0.136. The number of rotatable bonds is 6. The molecule has 4 rings (SSSR count). The second-order valence-electron chi connectivity index (χ2n) is 10.4. The van der Waals surface area contributed by atoms with E-state index in [9.17, 15) is 9.59 Å². The van der Waals surface area contributed by atoms with Crippen LogP contribution in [0.4, 0.5) is 0 Å². The topological polar surface area (TPSA) is 66.6 Å². The molecule has 0 bridgehead atoms. The first-order valence-corrected chi connectivity index (χ1v) is 12.1. The first-order valence-electron chi connectivity index (χ1n) is 12.1. The highest BCUT2D eigenvalue weighted by molar-refractivity contribution is 5.88. The summed E-state index contributed by atoms with van der Waals surface area (Å²) in [5.41, 5.74) is 11.1. The molecule has 0 aromatic heterocycles. The zero-order chi connectivity index (χ0) is 23.8. The van der Waals surface area contributed by atoms with Crippen LogP contribution in [0.1, 0.15) is 59.4 Å². The smallest absolute Gasteiger partial charge is 0.233 e. The number of nitrogens with two attached hydrogens (primary N) is 1. The average Bonchev–Trinajstić information content (AvgIpc) is 3.41. The first kappa shape index (κ1) is 23.5. The highest BCUT2D eigenvalue weighted by Gasteiger charge is 2.44. The molecule has 2 fully saturated rings. The van der Waals surface area contributed by atoms with Gasteiger partial charge in [0.25, 0.3) is 0 Å². The van der Waals surface area contributed by atoms with Crippen LogP contribution in [0.2, 0.25) is 0 Å². The summed E-state index contributed by atoms with van der Waals surface area (Å²) < 4.78 is 0. The van der Waals surface area contributed by atoms with Crippen molar-refractivity contribution in [3.63, 3.8) is 0 Å². The molecule has 0 spiro atoms. The van der Waals surface area contributed by atoms with E-state index in [1.165, 1.54) is 16.7 Å². The lowest BCUT2D eigenvalue weighted by Crippen LogP contribution is -2.43. The van der Waals surface area contributed by atoms with E-state index in [2.05, 4.69) is 61.2 Å². The van der Waals surface area contributed by atoms with Gasteiger partial charge in [-0.25, -0.2) is 0 Å². The Morgan fingerprint density at radius 3 is 2.21 bits per heavy atom. The number of benzene rings is 2. The minimum absolute atomic E-state index is 0.132. The van der Waals surface area contributed by atoms with Gasteiger partial charge in [0, 0.05) is 32.6 Å². The van der Waals surface area contributed by atoms with Gasteiger partial charge in [-0.2, -0.15) is 0 Å². The molecule has 2 N–H and O–H groups in total. The van der Waals surface area contributed by atoms with Crippen LogP contribution in [-0.4, -0.2) is 48.8 Å². The third-order valence-corrected chi connectivity index (χ3v) is 7.68. The fourth-order valence-electron chi connectivity index (χ4n) is 6.06. The molecule has 176 valence electrons. The van der Waals surface area contributed by atoms with Crippen molar-refractivity contribution < 1.29 is 9.59 Å². The van der Waals surface area contributed by atoms with Gasteiger partial charge in [-0.1, -0.05) is 66.4 Å². The van der Waals surface area contributed by atoms with Crippen LogP contribution in [0, 0.1) is 19.8 Å². The number of amides is 2. The van der Waals surface area contributed by atoms with Crippen molar-refractivity contribution in [1.82, 2.24) is 9.80 Å². The summed E-state index contributed by atoms with van der Waals surface area (Å²) >= 11 is 0. The Morgan fingerprint density at radius 1 is 1.03 bits per heavy atom. The molecule has 2 aromatic carbocycles. The van der Waals surface area contributed by atoms with Crippen molar-refractivity contribution in [2.45, 2.75) is 57.4 Å². The Kier molecular flexibility index (Phi) is 6.62. The summed E-state index contributed by atoms with van der Waals surface area (Å²) in [7, 11) is 3.95. The number of aryl methyl sites for hydroxylation is 2. The van der Waals surface area contributed by atoms with Crippen LogP contribution < -0.4 is 5.73 Å². The standard InChI is InChI=1S/C28H37N3O2/c1-19-13-20(2)15-23(14-19)28(11-5-6-12-28)27(33)31(4)16-21-7-9-22(10-8-21)24-17-30(3)18-25(24)26(29)32/h7-10,13-15,24-25H,5-6,11-12,16-18H2,1-4H3,(H2,29,32)/t24-,25+/m1/s1. The van der Waals surface area contributed by atoms with Crippen molar-refractivity contribution in [2.24, 2.45) is 11.7 Å². The largest absolute Gasteiger partial charge is 0.369 e. The number of carbonyl (C=O) groups is 2. The molecule has 2 aliphatic rings. The average molecular weight is 448 g/mol. The molecule has 2 amide bonds. The molecule has 33 heavy (non-hydrogen) atoms. The van der Waals surface area contributed by atoms with Crippen LogP contribution in [-0.2, 0) is 21.5 Å². The van der Waals surface area contributed by atoms with Crippen molar-refractivity contribution in [3.8, 4) is 0 Å². The minimum atomic E-state index is -0.408. The van der Waals surface area contributed by atoms with Gasteiger partial charge in [0.15, 0.2) is 0 Å². The molecule has 1 heterocycles. The molecule has 2 aromatic rings. The van der Waals surface area contributed by atoms with Gasteiger partial charge in [-0.05, 0) is 50.4 Å². The molecule has 1 saturated carbocycles. The number of primary amides is 1. The second kappa shape index (κ2) is 9.30. The molecule has 1 aliphatic heterocycles. The number of hydrogen-bond acceptors (Lipinski definition) is 3. The van der Waals surface area contributed by atoms with Crippen molar-refractivity contribution in [1.29, 1.82) is 0 Å².